The van der Waals surface area contributed by atoms with E-state index in [0.29, 0.717) is 17.8 Å². The normalized spacial score (nSPS) is 13.2. The van der Waals surface area contributed by atoms with Crippen molar-refractivity contribution in [2.24, 2.45) is 0 Å². The fraction of sp³-hybridized carbons (Fsp3) is 0.250. The van der Waals surface area contributed by atoms with Crippen LogP contribution in [0.3, 0.4) is 0 Å². The minimum Gasteiger partial charge on any atom is -0.378 e. The Balaban J connectivity index is 1.59. The van der Waals surface area contributed by atoms with Gasteiger partial charge in [0, 0.05) is 44.4 Å². The van der Waals surface area contributed by atoms with Crippen LogP contribution in [0, 0.1) is 0 Å². The highest BCUT2D eigenvalue weighted by Gasteiger charge is 2.38. The van der Waals surface area contributed by atoms with Gasteiger partial charge in [-0.05, 0) is 54.4 Å². The maximum atomic E-state index is 13.7. The molecule has 190 valence electrons. The summed E-state index contributed by atoms with van der Waals surface area (Å²) >= 11 is 0. The average molecular weight is 500 g/mol. The summed E-state index contributed by atoms with van der Waals surface area (Å²) in [5.41, 5.74) is 3.00. The molecule has 37 heavy (non-hydrogen) atoms. The second-order valence-corrected chi connectivity index (χ2v) is 8.98. The van der Waals surface area contributed by atoms with Crippen molar-refractivity contribution in [3.8, 4) is 0 Å². The molecule has 0 spiro atoms. The quantitative estimate of drug-likeness (QED) is 0.454. The zero-order valence-corrected chi connectivity index (χ0v) is 21.0. The van der Waals surface area contributed by atoms with Gasteiger partial charge < -0.3 is 15.1 Å². The number of anilines is 3. The largest absolute Gasteiger partial charge is 0.378 e. The van der Waals surface area contributed by atoms with Gasteiger partial charge in [0.05, 0.1) is 11.3 Å². The third kappa shape index (κ3) is 5.50. The van der Waals surface area contributed by atoms with Gasteiger partial charge in [-0.25, -0.2) is 0 Å². The topological polar surface area (TPSA) is 103 Å². The molecule has 0 aliphatic carbocycles. The molecule has 1 aromatic heterocycles. The van der Waals surface area contributed by atoms with E-state index in [2.05, 4.69) is 10.3 Å². The molecule has 3 aromatic rings. The number of Topliss-reactive ketones (excluding diaryl/α,β-unsaturated/α-hetero) is 1. The molecular formula is C28H29N5O4. The first-order valence-electron chi connectivity index (χ1n) is 12.0. The van der Waals surface area contributed by atoms with Gasteiger partial charge in [-0.1, -0.05) is 25.1 Å². The lowest BCUT2D eigenvalue weighted by Crippen LogP contribution is -2.50. The molecule has 2 aromatic carbocycles. The Morgan fingerprint density at radius 2 is 1.73 bits per heavy atom. The Morgan fingerprint density at radius 3 is 2.38 bits per heavy atom. The van der Waals surface area contributed by atoms with E-state index in [0.717, 1.165) is 11.3 Å². The molecule has 9 nitrogen and oxygen atoms in total. The van der Waals surface area contributed by atoms with E-state index in [-0.39, 0.29) is 24.6 Å². The maximum Gasteiger partial charge on any atom is 0.299 e. The van der Waals surface area contributed by atoms with E-state index < -0.39 is 23.6 Å². The van der Waals surface area contributed by atoms with Crippen molar-refractivity contribution in [3.63, 3.8) is 0 Å². The number of nitrogens with one attached hydrogen (secondary N) is 1. The van der Waals surface area contributed by atoms with Gasteiger partial charge in [-0.3, -0.25) is 29.1 Å². The number of pyridine rings is 1. The van der Waals surface area contributed by atoms with Crippen molar-refractivity contribution < 1.29 is 19.2 Å². The van der Waals surface area contributed by atoms with E-state index in [4.69, 9.17) is 0 Å². The lowest BCUT2D eigenvalue weighted by atomic mass is 10.1. The number of carbonyl (C=O) groups is 4. The standard InChI is InChI=1S/C28H29N5O4/c1-4-23(27(36)30-20-11-13-21(14-12-20)31(2)3)32(17-19-8-7-15-29-16-19)25(34)18-33-24-10-6-5-9-22(24)26(35)28(33)37/h5-16,23H,4,17-18H2,1-3H3,(H,30,36). The van der Waals surface area contributed by atoms with Gasteiger partial charge in [-0.2, -0.15) is 0 Å². The Hall–Kier alpha value is -4.53. The first-order valence-corrected chi connectivity index (χ1v) is 12.0. The molecule has 1 unspecified atom stereocenters. The molecule has 4 rings (SSSR count). The summed E-state index contributed by atoms with van der Waals surface area (Å²) in [6.45, 7) is 1.59. The number of para-hydroxylation sites is 1. The lowest BCUT2D eigenvalue weighted by Gasteiger charge is -2.32. The summed E-state index contributed by atoms with van der Waals surface area (Å²) in [5, 5.41) is 2.90. The second kappa shape index (κ2) is 11.0. The van der Waals surface area contributed by atoms with Crippen molar-refractivity contribution >= 4 is 40.6 Å². The number of hydrogen-bond acceptors (Lipinski definition) is 6. The van der Waals surface area contributed by atoms with E-state index in [1.165, 1.54) is 9.80 Å². The van der Waals surface area contributed by atoms with Gasteiger partial charge in [0.15, 0.2) is 0 Å². The predicted octanol–water partition coefficient (Wildman–Crippen LogP) is 3.12. The van der Waals surface area contributed by atoms with Crippen LogP contribution in [0.15, 0.2) is 73.1 Å². The summed E-state index contributed by atoms with van der Waals surface area (Å²) in [5.74, 6) is -2.20. The van der Waals surface area contributed by atoms with Crippen LogP contribution in [-0.2, 0) is 20.9 Å². The molecule has 0 saturated heterocycles. The van der Waals surface area contributed by atoms with Crippen molar-refractivity contribution in [2.45, 2.75) is 25.9 Å². The lowest BCUT2D eigenvalue weighted by molar-refractivity contribution is -0.138. The number of hydrogen-bond donors (Lipinski definition) is 1. The first kappa shape index (κ1) is 25.6. The van der Waals surface area contributed by atoms with Crippen molar-refractivity contribution in [2.75, 3.05) is 35.8 Å². The molecule has 0 saturated carbocycles. The summed E-state index contributed by atoms with van der Waals surface area (Å²) < 4.78 is 0. The maximum absolute atomic E-state index is 13.7. The first-order chi connectivity index (χ1) is 17.8. The number of rotatable bonds is 9. The summed E-state index contributed by atoms with van der Waals surface area (Å²) in [6.07, 6.45) is 3.60. The highest BCUT2D eigenvalue weighted by Crippen LogP contribution is 2.29. The number of benzene rings is 2. The number of aromatic nitrogens is 1. The molecule has 1 aliphatic rings. The molecule has 9 heteroatoms. The van der Waals surface area contributed by atoms with Gasteiger partial charge in [0.2, 0.25) is 11.8 Å². The van der Waals surface area contributed by atoms with Crippen molar-refractivity contribution in [1.29, 1.82) is 0 Å². The monoisotopic (exact) mass is 499 g/mol. The third-order valence-corrected chi connectivity index (χ3v) is 6.29. The highest BCUT2D eigenvalue weighted by molar-refractivity contribution is 6.52. The van der Waals surface area contributed by atoms with Crippen LogP contribution in [0.4, 0.5) is 17.1 Å². The fourth-order valence-corrected chi connectivity index (χ4v) is 4.31. The molecule has 0 radical (unpaired) electrons. The SMILES string of the molecule is CCC(C(=O)Nc1ccc(N(C)C)cc1)N(Cc1cccnc1)C(=O)CN1C(=O)C(=O)c2ccccc21. The van der Waals surface area contributed by atoms with Crippen LogP contribution >= 0.6 is 0 Å². The van der Waals surface area contributed by atoms with Crippen LogP contribution in [-0.4, -0.2) is 60.1 Å². The van der Waals surface area contributed by atoms with Crippen molar-refractivity contribution in [1.82, 2.24) is 9.88 Å². The Kier molecular flexibility index (Phi) is 7.62. The molecule has 2 heterocycles. The van der Waals surface area contributed by atoms with Gasteiger partial charge >= 0.3 is 0 Å². The van der Waals surface area contributed by atoms with Crippen LogP contribution in [0.25, 0.3) is 0 Å². The second-order valence-electron chi connectivity index (χ2n) is 8.98. The van der Waals surface area contributed by atoms with Crippen LogP contribution < -0.4 is 15.1 Å². The molecular weight excluding hydrogens is 470 g/mol. The Labute approximate surface area is 215 Å². The third-order valence-electron chi connectivity index (χ3n) is 6.29. The summed E-state index contributed by atoms with van der Waals surface area (Å²) in [4.78, 5) is 60.9. The van der Waals surface area contributed by atoms with E-state index >= 15 is 0 Å². The number of nitrogens with zero attached hydrogens (tertiary/aromatic N) is 4. The molecule has 1 N–H and O–H groups in total. The predicted molar refractivity (Wildman–Crippen MR) is 141 cm³/mol. The van der Waals surface area contributed by atoms with Crippen molar-refractivity contribution in [3.05, 3.63) is 84.2 Å². The number of amides is 3. The number of ketones is 1. The zero-order chi connectivity index (χ0) is 26.5. The fourth-order valence-electron chi connectivity index (χ4n) is 4.31. The molecule has 3 amide bonds. The smallest absolute Gasteiger partial charge is 0.299 e. The van der Waals surface area contributed by atoms with E-state index in [1.54, 1.807) is 54.9 Å². The molecule has 1 atom stereocenters. The van der Waals surface area contributed by atoms with Crippen LogP contribution in [0.5, 0.6) is 0 Å². The highest BCUT2D eigenvalue weighted by atomic mass is 16.2. The Morgan fingerprint density at radius 1 is 1.00 bits per heavy atom. The average Bonchev–Trinajstić information content (AvgIpc) is 3.14. The van der Waals surface area contributed by atoms with Crippen LogP contribution in [0.2, 0.25) is 0 Å². The van der Waals surface area contributed by atoms with Crippen LogP contribution in [0.1, 0.15) is 29.3 Å². The summed E-state index contributed by atoms with van der Waals surface area (Å²) in [6, 6.07) is 16.7. The minimum absolute atomic E-state index is 0.121. The van der Waals surface area contributed by atoms with Gasteiger partial charge in [0.1, 0.15) is 12.6 Å². The van der Waals surface area contributed by atoms with E-state index in [9.17, 15) is 19.2 Å². The number of carbonyl (C=O) groups excluding carboxylic acids is 4. The summed E-state index contributed by atoms with van der Waals surface area (Å²) in [7, 11) is 3.86. The number of fused-ring (bicyclic) bond motifs is 1. The molecule has 1 aliphatic heterocycles. The Bertz CT molecular complexity index is 1310. The van der Waals surface area contributed by atoms with Gasteiger partial charge in [0.25, 0.3) is 11.7 Å². The van der Waals surface area contributed by atoms with Gasteiger partial charge in [-0.15, -0.1) is 0 Å². The molecule has 0 bridgehead atoms. The molecule has 0 fully saturated rings. The minimum atomic E-state index is -0.815. The van der Waals surface area contributed by atoms with E-state index in [1.807, 2.05) is 44.1 Å². The zero-order valence-electron chi connectivity index (χ0n) is 21.0.